The molecule has 0 radical (unpaired) electrons. The van der Waals surface area contributed by atoms with Gasteiger partial charge in [0, 0.05) is 55.6 Å². The van der Waals surface area contributed by atoms with Crippen molar-refractivity contribution < 1.29 is 9.53 Å². The van der Waals surface area contributed by atoms with E-state index in [0.29, 0.717) is 23.7 Å². The minimum absolute atomic E-state index is 0.0135. The van der Waals surface area contributed by atoms with Crippen molar-refractivity contribution in [1.82, 2.24) is 25.5 Å². The van der Waals surface area contributed by atoms with Gasteiger partial charge in [0.1, 0.15) is 11.5 Å². The molecule has 1 aromatic heterocycles. The maximum atomic E-state index is 12.5. The molecule has 1 aliphatic heterocycles. The Labute approximate surface area is 210 Å². The van der Waals surface area contributed by atoms with Crippen LogP contribution in [0, 0.1) is 0 Å². The average molecular weight is 484 g/mol. The van der Waals surface area contributed by atoms with Gasteiger partial charge in [-0.15, -0.1) is 10.2 Å². The van der Waals surface area contributed by atoms with E-state index in [4.69, 9.17) is 4.74 Å². The first kappa shape index (κ1) is 23.5. The number of ether oxygens (including phenoxy) is 1. The summed E-state index contributed by atoms with van der Waals surface area (Å²) in [4.78, 5) is 17.4. The van der Waals surface area contributed by atoms with Crippen LogP contribution in [0.1, 0.15) is 12.8 Å². The van der Waals surface area contributed by atoms with Crippen LogP contribution in [0.2, 0.25) is 0 Å². The zero-order chi connectivity index (χ0) is 24.6. The number of nitrogens with one attached hydrogen (secondary N) is 2. The molecule has 1 aliphatic rings. The summed E-state index contributed by atoms with van der Waals surface area (Å²) in [7, 11) is 0. The van der Waals surface area contributed by atoms with Crippen LogP contribution in [0.15, 0.2) is 78.9 Å². The fraction of sp³-hybridized carbons (Fsp3) is 0.259. The zero-order valence-corrected chi connectivity index (χ0v) is 20.0. The lowest BCUT2D eigenvalue weighted by Crippen LogP contribution is -2.46. The number of hydrogen-bond acceptors (Lipinski definition) is 7. The largest absolute Gasteiger partial charge is 0.457 e. The molecule has 0 spiro atoms. The number of anilines is 2. The third-order valence-electron chi connectivity index (χ3n) is 6.18. The van der Waals surface area contributed by atoms with Gasteiger partial charge in [0.05, 0.1) is 0 Å². The van der Waals surface area contributed by atoms with Gasteiger partial charge in [0.2, 0.25) is 11.7 Å². The van der Waals surface area contributed by atoms with Crippen molar-refractivity contribution in [2.45, 2.75) is 12.8 Å². The molecular formula is C27H29N7O2. The molecule has 9 heteroatoms. The number of carbonyl (C=O) groups is 1. The number of amides is 1. The van der Waals surface area contributed by atoms with Gasteiger partial charge in [-0.3, -0.25) is 9.69 Å². The highest BCUT2D eigenvalue weighted by Crippen LogP contribution is 2.26. The van der Waals surface area contributed by atoms with Gasteiger partial charge in [-0.25, -0.2) is 0 Å². The fourth-order valence-electron chi connectivity index (χ4n) is 4.28. The van der Waals surface area contributed by atoms with E-state index in [1.54, 1.807) is 0 Å². The van der Waals surface area contributed by atoms with Gasteiger partial charge in [-0.1, -0.05) is 24.3 Å². The number of para-hydroxylation sites is 1. The molecule has 9 nitrogen and oxygen atoms in total. The third-order valence-corrected chi connectivity index (χ3v) is 6.18. The molecule has 0 unspecified atom stereocenters. The van der Waals surface area contributed by atoms with Crippen molar-refractivity contribution in [2.24, 2.45) is 0 Å². The van der Waals surface area contributed by atoms with Gasteiger partial charge in [0.15, 0.2) is 0 Å². The quantitative estimate of drug-likeness (QED) is 0.368. The van der Waals surface area contributed by atoms with Crippen molar-refractivity contribution in [3.63, 3.8) is 0 Å². The summed E-state index contributed by atoms with van der Waals surface area (Å²) in [5.41, 5.74) is 2.84. The number of aromatic nitrogens is 4. The molecule has 1 fully saturated rings. The molecule has 36 heavy (non-hydrogen) atoms. The van der Waals surface area contributed by atoms with Crippen LogP contribution >= 0.6 is 0 Å². The minimum Gasteiger partial charge on any atom is -0.457 e. The number of nitrogens with zero attached hydrogens (tertiary/aromatic N) is 5. The van der Waals surface area contributed by atoms with Crippen molar-refractivity contribution in [3.8, 4) is 22.9 Å². The monoisotopic (exact) mass is 483 g/mol. The summed E-state index contributed by atoms with van der Waals surface area (Å²) in [5, 5.41) is 16.9. The Morgan fingerprint density at radius 2 is 1.72 bits per heavy atom. The highest BCUT2D eigenvalue weighted by atomic mass is 16.5. The maximum absolute atomic E-state index is 12.5. The Hall–Kier alpha value is -4.24. The van der Waals surface area contributed by atoms with E-state index >= 15 is 0 Å². The molecule has 3 aromatic carbocycles. The number of rotatable bonds is 9. The van der Waals surface area contributed by atoms with E-state index < -0.39 is 0 Å². The van der Waals surface area contributed by atoms with Crippen molar-refractivity contribution in [3.05, 3.63) is 78.9 Å². The number of H-pyrrole nitrogens is 1. The SMILES string of the molecule is O=C(CCCN1CCN(c2ccccc2)CC1)Nc1cccc(Oc2ccc(-c3nn[nH]n3)cc2)c1. The van der Waals surface area contributed by atoms with Crippen LogP contribution in [0.5, 0.6) is 11.5 Å². The summed E-state index contributed by atoms with van der Waals surface area (Å²) < 4.78 is 5.95. The first-order valence-corrected chi connectivity index (χ1v) is 12.2. The highest BCUT2D eigenvalue weighted by molar-refractivity contribution is 5.90. The van der Waals surface area contributed by atoms with Gasteiger partial charge in [0.25, 0.3) is 0 Å². The van der Waals surface area contributed by atoms with E-state index in [0.717, 1.165) is 50.4 Å². The molecular weight excluding hydrogens is 454 g/mol. The van der Waals surface area contributed by atoms with E-state index in [9.17, 15) is 4.79 Å². The van der Waals surface area contributed by atoms with Gasteiger partial charge in [-0.05, 0) is 66.7 Å². The maximum Gasteiger partial charge on any atom is 0.224 e. The molecule has 184 valence electrons. The van der Waals surface area contributed by atoms with Crippen molar-refractivity contribution in [1.29, 1.82) is 0 Å². The second-order valence-corrected chi connectivity index (χ2v) is 8.71. The second-order valence-electron chi connectivity index (χ2n) is 8.71. The summed E-state index contributed by atoms with van der Waals surface area (Å²) in [6.45, 7) is 5.00. The molecule has 1 saturated heterocycles. The van der Waals surface area contributed by atoms with Crippen LogP contribution in [0.3, 0.4) is 0 Å². The summed E-state index contributed by atoms with van der Waals surface area (Å²) in [5.74, 6) is 1.87. The number of piperazine rings is 1. The smallest absolute Gasteiger partial charge is 0.224 e. The van der Waals surface area contributed by atoms with Gasteiger partial charge >= 0.3 is 0 Å². The van der Waals surface area contributed by atoms with Gasteiger partial charge < -0.3 is 15.0 Å². The summed E-state index contributed by atoms with van der Waals surface area (Å²) >= 11 is 0. The summed E-state index contributed by atoms with van der Waals surface area (Å²) in [6, 6.07) is 25.4. The molecule has 0 aliphatic carbocycles. The number of carbonyl (C=O) groups excluding carboxylic acids is 1. The van der Waals surface area contributed by atoms with E-state index in [1.165, 1.54) is 5.69 Å². The van der Waals surface area contributed by atoms with Crippen LogP contribution in [0.25, 0.3) is 11.4 Å². The predicted molar refractivity (Wildman–Crippen MR) is 139 cm³/mol. The number of benzene rings is 3. The number of tetrazole rings is 1. The number of aromatic amines is 1. The van der Waals surface area contributed by atoms with E-state index in [-0.39, 0.29) is 5.91 Å². The normalized spacial score (nSPS) is 13.9. The molecule has 0 saturated carbocycles. The Balaban J connectivity index is 1.05. The third kappa shape index (κ3) is 6.25. The van der Waals surface area contributed by atoms with Crippen LogP contribution < -0.4 is 15.0 Å². The molecule has 0 atom stereocenters. The Morgan fingerprint density at radius 1 is 0.917 bits per heavy atom. The topological polar surface area (TPSA) is 99.3 Å². The lowest BCUT2D eigenvalue weighted by molar-refractivity contribution is -0.116. The highest BCUT2D eigenvalue weighted by Gasteiger charge is 2.17. The lowest BCUT2D eigenvalue weighted by atomic mass is 10.2. The predicted octanol–water partition coefficient (Wildman–Crippen LogP) is 4.20. The minimum atomic E-state index is 0.0135. The van der Waals surface area contributed by atoms with Crippen molar-refractivity contribution in [2.75, 3.05) is 42.9 Å². The van der Waals surface area contributed by atoms with Crippen LogP contribution in [0.4, 0.5) is 11.4 Å². The molecule has 2 heterocycles. The first-order valence-electron chi connectivity index (χ1n) is 12.2. The Morgan fingerprint density at radius 3 is 2.47 bits per heavy atom. The van der Waals surface area contributed by atoms with E-state index in [2.05, 4.69) is 60.0 Å². The summed E-state index contributed by atoms with van der Waals surface area (Å²) in [6.07, 6.45) is 1.32. The molecule has 2 N–H and O–H groups in total. The van der Waals surface area contributed by atoms with Crippen LogP contribution in [-0.4, -0.2) is 64.2 Å². The Kier molecular flexibility index (Phi) is 7.48. The molecule has 0 bridgehead atoms. The van der Waals surface area contributed by atoms with Crippen molar-refractivity contribution >= 4 is 17.3 Å². The zero-order valence-electron chi connectivity index (χ0n) is 20.0. The Bertz CT molecular complexity index is 1240. The lowest BCUT2D eigenvalue weighted by Gasteiger charge is -2.36. The average Bonchev–Trinajstić information content (AvgIpc) is 3.46. The molecule has 4 aromatic rings. The second kappa shape index (κ2) is 11.5. The fourth-order valence-corrected chi connectivity index (χ4v) is 4.28. The first-order chi connectivity index (χ1) is 17.7. The number of hydrogen-bond donors (Lipinski definition) is 2. The van der Waals surface area contributed by atoms with Crippen LogP contribution in [-0.2, 0) is 4.79 Å². The molecule has 1 amide bonds. The van der Waals surface area contributed by atoms with E-state index in [1.807, 2.05) is 54.6 Å². The van der Waals surface area contributed by atoms with Gasteiger partial charge in [-0.2, -0.15) is 5.21 Å². The molecule has 5 rings (SSSR count). The standard InChI is InChI=1S/C27H29N7O2/c35-26(10-5-15-33-16-18-34(19-17-33)23-7-2-1-3-8-23)28-22-6-4-9-25(20-22)36-24-13-11-21(12-14-24)27-29-31-32-30-27/h1-4,6-9,11-14,20H,5,10,15-19H2,(H,28,35)(H,29,30,31,32).